The van der Waals surface area contributed by atoms with Gasteiger partial charge in [0.15, 0.2) is 0 Å². The minimum absolute atomic E-state index is 0.0485. The summed E-state index contributed by atoms with van der Waals surface area (Å²) in [5.74, 6) is -0.00120. The zero-order valence-corrected chi connectivity index (χ0v) is 7.38. The van der Waals surface area contributed by atoms with Crippen LogP contribution in [0.4, 0.5) is 4.39 Å². The van der Waals surface area contributed by atoms with Crippen LogP contribution in [-0.2, 0) is 17.9 Å². The van der Waals surface area contributed by atoms with Gasteiger partial charge in [-0.2, -0.15) is 0 Å². The molecular formula is C10H11FO2. The van der Waals surface area contributed by atoms with Crippen LogP contribution in [-0.4, -0.2) is 10.9 Å². The number of ketones is 1. The molecule has 1 N–H and O–H groups in total. The van der Waals surface area contributed by atoms with Gasteiger partial charge in [-0.1, -0.05) is 6.07 Å². The Morgan fingerprint density at radius 3 is 2.77 bits per heavy atom. The second-order valence-corrected chi connectivity index (χ2v) is 2.98. The van der Waals surface area contributed by atoms with E-state index in [9.17, 15) is 14.3 Å². The molecule has 13 heavy (non-hydrogen) atoms. The molecule has 0 aromatic heterocycles. The zero-order valence-electron chi connectivity index (χ0n) is 7.38. The molecule has 0 aliphatic carbocycles. The summed E-state index contributed by atoms with van der Waals surface area (Å²) in [6.07, 6.45) is 0.152. The lowest BCUT2D eigenvalue weighted by Gasteiger charge is -2.03. The van der Waals surface area contributed by atoms with Gasteiger partial charge in [0, 0.05) is 12.0 Å². The molecule has 0 unspecified atom stereocenters. The highest BCUT2D eigenvalue weighted by atomic mass is 19.1. The summed E-state index contributed by atoms with van der Waals surface area (Å²) in [5, 5.41) is 9.30. The number of phenols is 1. The maximum atomic E-state index is 12.2. The van der Waals surface area contributed by atoms with Crippen molar-refractivity contribution in [2.24, 2.45) is 0 Å². The highest BCUT2D eigenvalue weighted by Crippen LogP contribution is 2.19. The van der Waals surface area contributed by atoms with Crippen LogP contribution in [0.2, 0.25) is 0 Å². The van der Waals surface area contributed by atoms with Gasteiger partial charge < -0.3 is 5.11 Å². The Kier molecular flexibility index (Phi) is 3.01. The van der Waals surface area contributed by atoms with Gasteiger partial charge in [0.2, 0.25) is 0 Å². The molecule has 1 aromatic rings. The van der Waals surface area contributed by atoms with Crippen LogP contribution in [0, 0.1) is 0 Å². The highest BCUT2D eigenvalue weighted by Gasteiger charge is 2.04. The van der Waals surface area contributed by atoms with E-state index in [0.717, 1.165) is 0 Å². The molecule has 3 heteroatoms. The van der Waals surface area contributed by atoms with Crippen LogP contribution in [0.15, 0.2) is 18.2 Å². The van der Waals surface area contributed by atoms with Crippen LogP contribution >= 0.6 is 0 Å². The van der Waals surface area contributed by atoms with E-state index in [0.29, 0.717) is 11.1 Å². The van der Waals surface area contributed by atoms with Gasteiger partial charge in [-0.25, -0.2) is 4.39 Å². The van der Waals surface area contributed by atoms with Crippen LogP contribution in [0.5, 0.6) is 5.75 Å². The molecule has 0 amide bonds. The number of carbonyl (C=O) groups excluding carboxylic acids is 1. The van der Waals surface area contributed by atoms with Crippen molar-refractivity contribution in [2.45, 2.75) is 20.0 Å². The summed E-state index contributed by atoms with van der Waals surface area (Å²) >= 11 is 0. The molecule has 0 atom stereocenters. The normalized spacial score (nSPS) is 10.0. The second kappa shape index (κ2) is 4.03. The van der Waals surface area contributed by atoms with Gasteiger partial charge >= 0.3 is 0 Å². The Bertz CT molecular complexity index is 321. The average Bonchev–Trinajstić information content (AvgIpc) is 2.08. The average molecular weight is 182 g/mol. The van der Waals surface area contributed by atoms with Gasteiger partial charge in [-0.15, -0.1) is 0 Å². The first-order valence-corrected chi connectivity index (χ1v) is 3.99. The number of carbonyl (C=O) groups is 1. The van der Waals surface area contributed by atoms with Crippen molar-refractivity contribution in [2.75, 3.05) is 0 Å². The first-order valence-electron chi connectivity index (χ1n) is 3.99. The lowest BCUT2D eigenvalue weighted by Crippen LogP contribution is -1.97. The first kappa shape index (κ1) is 9.71. The van der Waals surface area contributed by atoms with Crippen molar-refractivity contribution < 1.29 is 14.3 Å². The number of phenolic OH excluding ortho intramolecular Hbond substituents is 1. The molecule has 0 fully saturated rings. The number of alkyl halides is 1. The van der Waals surface area contributed by atoms with Crippen LogP contribution in [0.1, 0.15) is 18.1 Å². The van der Waals surface area contributed by atoms with Crippen molar-refractivity contribution in [1.29, 1.82) is 0 Å². The fourth-order valence-corrected chi connectivity index (χ4v) is 1.13. The summed E-state index contributed by atoms with van der Waals surface area (Å²) in [6.45, 7) is 0.854. The van der Waals surface area contributed by atoms with E-state index in [-0.39, 0.29) is 18.0 Å². The topological polar surface area (TPSA) is 37.3 Å². The number of benzene rings is 1. The van der Waals surface area contributed by atoms with Crippen LogP contribution < -0.4 is 0 Å². The van der Waals surface area contributed by atoms with Crippen molar-refractivity contribution in [3.05, 3.63) is 29.3 Å². The van der Waals surface area contributed by atoms with Crippen molar-refractivity contribution >= 4 is 5.78 Å². The van der Waals surface area contributed by atoms with Gasteiger partial charge in [-0.3, -0.25) is 4.79 Å². The number of halogens is 1. The fraction of sp³-hybridized carbons (Fsp3) is 0.300. The molecule has 70 valence electrons. The molecule has 1 rings (SSSR count). The number of hydrogen-bond donors (Lipinski definition) is 1. The predicted molar refractivity (Wildman–Crippen MR) is 47.3 cm³/mol. The molecular weight excluding hydrogens is 171 g/mol. The molecule has 0 aliphatic rings. The molecule has 2 nitrogen and oxygen atoms in total. The summed E-state index contributed by atoms with van der Waals surface area (Å²) in [6, 6.07) is 4.42. The third-order valence-corrected chi connectivity index (χ3v) is 1.74. The molecule has 1 aromatic carbocycles. The molecule has 0 radical (unpaired) electrons. The van der Waals surface area contributed by atoms with Crippen molar-refractivity contribution in [3.63, 3.8) is 0 Å². The fourth-order valence-electron chi connectivity index (χ4n) is 1.13. The predicted octanol–water partition coefficient (Wildman–Crippen LogP) is 1.99. The molecule has 0 saturated carbocycles. The third-order valence-electron chi connectivity index (χ3n) is 1.74. The van der Waals surface area contributed by atoms with Gasteiger partial charge in [0.25, 0.3) is 0 Å². The van der Waals surface area contributed by atoms with E-state index in [1.165, 1.54) is 25.1 Å². The van der Waals surface area contributed by atoms with Crippen molar-refractivity contribution in [1.82, 2.24) is 0 Å². The van der Waals surface area contributed by atoms with Gasteiger partial charge in [0.1, 0.15) is 18.2 Å². The SMILES string of the molecule is CC(=O)Cc1cc(CF)ccc1O. The largest absolute Gasteiger partial charge is 0.508 e. The Labute approximate surface area is 76.0 Å². The van der Waals surface area contributed by atoms with E-state index < -0.39 is 6.67 Å². The molecule has 0 bridgehead atoms. The summed E-state index contributed by atoms with van der Waals surface area (Å²) in [4.78, 5) is 10.8. The quantitative estimate of drug-likeness (QED) is 0.776. The molecule has 0 heterocycles. The number of Topliss-reactive ketones (excluding diaryl/α,β-unsaturated/α-hetero) is 1. The van der Waals surface area contributed by atoms with Gasteiger partial charge in [-0.05, 0) is 24.6 Å². The smallest absolute Gasteiger partial charge is 0.134 e. The Hall–Kier alpha value is -1.38. The van der Waals surface area contributed by atoms with Crippen LogP contribution in [0.3, 0.4) is 0 Å². The van der Waals surface area contributed by atoms with E-state index in [1.807, 2.05) is 0 Å². The third kappa shape index (κ3) is 2.54. The standard InChI is InChI=1S/C10H11FO2/c1-7(12)4-9-5-8(6-11)2-3-10(9)13/h2-3,5,13H,4,6H2,1H3. The number of aromatic hydroxyl groups is 1. The molecule has 0 spiro atoms. The lowest BCUT2D eigenvalue weighted by molar-refractivity contribution is -0.116. The van der Waals surface area contributed by atoms with E-state index in [4.69, 9.17) is 0 Å². The Balaban J connectivity index is 2.96. The van der Waals surface area contributed by atoms with E-state index in [2.05, 4.69) is 0 Å². The maximum absolute atomic E-state index is 12.2. The number of hydrogen-bond acceptors (Lipinski definition) is 2. The monoisotopic (exact) mass is 182 g/mol. The Morgan fingerprint density at radius 2 is 2.23 bits per heavy atom. The zero-order chi connectivity index (χ0) is 9.84. The molecule has 0 aliphatic heterocycles. The first-order chi connectivity index (χ1) is 6.13. The summed E-state index contributed by atoms with van der Waals surface area (Å²) < 4.78 is 12.2. The maximum Gasteiger partial charge on any atom is 0.134 e. The van der Waals surface area contributed by atoms with E-state index in [1.54, 1.807) is 0 Å². The molecule has 0 saturated heterocycles. The lowest BCUT2D eigenvalue weighted by atomic mass is 10.1. The van der Waals surface area contributed by atoms with E-state index >= 15 is 0 Å². The highest BCUT2D eigenvalue weighted by molar-refractivity contribution is 5.78. The number of rotatable bonds is 3. The minimum Gasteiger partial charge on any atom is -0.508 e. The minimum atomic E-state index is -0.578. The van der Waals surface area contributed by atoms with Gasteiger partial charge in [0.05, 0.1) is 0 Å². The summed E-state index contributed by atoms with van der Waals surface area (Å²) in [5.41, 5.74) is 0.969. The van der Waals surface area contributed by atoms with Crippen molar-refractivity contribution in [3.8, 4) is 5.75 Å². The Morgan fingerprint density at radius 1 is 1.54 bits per heavy atom. The summed E-state index contributed by atoms with van der Waals surface area (Å²) in [7, 11) is 0. The second-order valence-electron chi connectivity index (χ2n) is 2.98. The van der Waals surface area contributed by atoms with Crippen LogP contribution in [0.25, 0.3) is 0 Å².